The summed E-state index contributed by atoms with van der Waals surface area (Å²) in [7, 11) is 0. The summed E-state index contributed by atoms with van der Waals surface area (Å²) in [5, 5.41) is 19.8. The van der Waals surface area contributed by atoms with Gasteiger partial charge < -0.3 is 10.0 Å². The van der Waals surface area contributed by atoms with E-state index >= 15 is 0 Å². The number of hydrogen-bond acceptors (Lipinski definition) is 5. The molecule has 1 saturated heterocycles. The Balaban J connectivity index is 2.37. The van der Waals surface area contributed by atoms with E-state index in [-0.39, 0.29) is 11.0 Å². The van der Waals surface area contributed by atoms with Crippen LogP contribution in [-0.4, -0.2) is 34.1 Å². The number of nitrogens with zero attached hydrogens (tertiary/aromatic N) is 3. The van der Waals surface area contributed by atoms with E-state index in [4.69, 9.17) is 5.11 Å². The highest BCUT2D eigenvalue weighted by atomic mass is 16.6. The third-order valence-electron chi connectivity index (χ3n) is 3.30. The van der Waals surface area contributed by atoms with Gasteiger partial charge in [0.15, 0.2) is 0 Å². The van der Waals surface area contributed by atoms with Gasteiger partial charge in [-0.25, -0.2) is 9.78 Å². The Labute approximate surface area is 110 Å². The molecule has 2 heterocycles. The normalized spacial score (nSPS) is 17.5. The highest BCUT2D eigenvalue weighted by Crippen LogP contribution is 2.32. The lowest BCUT2D eigenvalue weighted by Gasteiger charge is -2.20. The van der Waals surface area contributed by atoms with Crippen molar-refractivity contribution in [3.8, 4) is 0 Å². The van der Waals surface area contributed by atoms with Crippen molar-refractivity contribution < 1.29 is 14.8 Å². The van der Waals surface area contributed by atoms with Crippen LogP contribution in [0.4, 0.5) is 11.5 Å². The molecular formula is C12H15N3O4. The molecule has 1 aliphatic rings. The van der Waals surface area contributed by atoms with Gasteiger partial charge in [0.05, 0.1) is 4.92 Å². The van der Waals surface area contributed by atoms with Crippen LogP contribution in [0.3, 0.4) is 0 Å². The maximum atomic E-state index is 11.1. The molecule has 2 rings (SSSR count). The van der Waals surface area contributed by atoms with Gasteiger partial charge in [0.2, 0.25) is 0 Å². The van der Waals surface area contributed by atoms with Gasteiger partial charge in [0.1, 0.15) is 17.6 Å². The van der Waals surface area contributed by atoms with Crippen molar-refractivity contribution in [1.82, 2.24) is 4.98 Å². The molecule has 0 bridgehead atoms. The first kappa shape index (κ1) is 13.3. The molecule has 0 unspecified atom stereocenters. The van der Waals surface area contributed by atoms with Crippen molar-refractivity contribution in [2.75, 3.05) is 18.0 Å². The van der Waals surface area contributed by atoms with Crippen LogP contribution in [0.2, 0.25) is 0 Å². The minimum absolute atomic E-state index is 0.146. The molecule has 102 valence electrons. The van der Waals surface area contributed by atoms with Crippen molar-refractivity contribution in [1.29, 1.82) is 0 Å². The van der Waals surface area contributed by atoms with E-state index in [1.54, 1.807) is 0 Å². The van der Waals surface area contributed by atoms with Gasteiger partial charge >= 0.3 is 11.7 Å². The van der Waals surface area contributed by atoms with Crippen molar-refractivity contribution in [3.05, 3.63) is 27.9 Å². The van der Waals surface area contributed by atoms with Crippen LogP contribution in [0.15, 0.2) is 12.3 Å². The van der Waals surface area contributed by atoms with E-state index in [0.717, 1.165) is 25.7 Å². The highest BCUT2D eigenvalue weighted by Gasteiger charge is 2.31. The lowest BCUT2D eigenvalue weighted by molar-refractivity contribution is -0.385. The average molecular weight is 265 g/mol. The monoisotopic (exact) mass is 265 g/mol. The number of anilines is 1. The number of rotatable bonds is 3. The Kier molecular flexibility index (Phi) is 3.13. The van der Waals surface area contributed by atoms with Gasteiger partial charge in [0.25, 0.3) is 0 Å². The minimum Gasteiger partial charge on any atom is -0.477 e. The lowest BCUT2D eigenvalue weighted by atomic mass is 9.93. The molecule has 0 atom stereocenters. The molecule has 1 fully saturated rings. The van der Waals surface area contributed by atoms with E-state index in [1.165, 1.54) is 6.07 Å². The fraction of sp³-hybridized carbons (Fsp3) is 0.500. The first-order valence-electron chi connectivity index (χ1n) is 5.93. The Bertz CT molecular complexity index is 542. The zero-order valence-electron chi connectivity index (χ0n) is 10.8. The topological polar surface area (TPSA) is 96.6 Å². The second-order valence-corrected chi connectivity index (χ2v) is 5.46. The summed E-state index contributed by atoms with van der Waals surface area (Å²) in [5.74, 6) is -0.831. The van der Waals surface area contributed by atoms with Gasteiger partial charge in [-0.15, -0.1) is 0 Å². The number of carbonyl (C=O) groups is 1. The largest absolute Gasteiger partial charge is 0.477 e. The number of nitro groups is 1. The van der Waals surface area contributed by atoms with Crippen LogP contribution in [-0.2, 0) is 0 Å². The number of hydrogen-bond donors (Lipinski definition) is 1. The molecule has 19 heavy (non-hydrogen) atoms. The summed E-state index contributed by atoms with van der Waals surface area (Å²) in [6, 6.07) is 1.28. The lowest BCUT2D eigenvalue weighted by Crippen LogP contribution is -2.24. The van der Waals surface area contributed by atoms with Crippen molar-refractivity contribution in [2.24, 2.45) is 5.41 Å². The van der Waals surface area contributed by atoms with Gasteiger partial charge in [0, 0.05) is 19.2 Å². The first-order chi connectivity index (χ1) is 8.80. The molecule has 1 N–H and O–H groups in total. The summed E-state index contributed by atoms with van der Waals surface area (Å²) in [6.45, 7) is 5.78. The number of carboxylic acids is 1. The second kappa shape index (κ2) is 4.49. The predicted molar refractivity (Wildman–Crippen MR) is 68.5 cm³/mol. The van der Waals surface area contributed by atoms with Gasteiger partial charge in [-0.1, -0.05) is 13.8 Å². The third kappa shape index (κ3) is 2.64. The minimum atomic E-state index is -1.31. The summed E-state index contributed by atoms with van der Waals surface area (Å²) >= 11 is 0. The third-order valence-corrected chi connectivity index (χ3v) is 3.30. The number of aromatic nitrogens is 1. The SMILES string of the molecule is CC1(C)CCN(c2cc(C(=O)O)c([N+](=O)[O-])cn2)C1. The summed E-state index contributed by atoms with van der Waals surface area (Å²) < 4.78 is 0. The second-order valence-electron chi connectivity index (χ2n) is 5.46. The fourth-order valence-electron chi connectivity index (χ4n) is 2.23. The number of pyridine rings is 1. The number of carboxylic acid groups (broad SMARTS) is 1. The number of aromatic carboxylic acids is 1. The summed E-state index contributed by atoms with van der Waals surface area (Å²) in [5.41, 5.74) is -0.651. The van der Waals surface area contributed by atoms with Crippen LogP contribution in [0.5, 0.6) is 0 Å². The summed E-state index contributed by atoms with van der Waals surface area (Å²) in [6.07, 6.45) is 2.00. The Morgan fingerprint density at radius 3 is 2.74 bits per heavy atom. The molecule has 0 aromatic carbocycles. The molecule has 0 aliphatic carbocycles. The van der Waals surface area contributed by atoms with Crippen LogP contribution in [0.25, 0.3) is 0 Å². The van der Waals surface area contributed by atoms with Crippen molar-refractivity contribution in [3.63, 3.8) is 0 Å². The van der Waals surface area contributed by atoms with E-state index in [9.17, 15) is 14.9 Å². The van der Waals surface area contributed by atoms with Gasteiger partial charge in [-0.05, 0) is 11.8 Å². The highest BCUT2D eigenvalue weighted by molar-refractivity contribution is 5.93. The van der Waals surface area contributed by atoms with Crippen LogP contribution in [0, 0.1) is 15.5 Å². The zero-order valence-corrected chi connectivity index (χ0v) is 10.8. The van der Waals surface area contributed by atoms with E-state index in [0.29, 0.717) is 5.82 Å². The molecule has 1 aliphatic heterocycles. The van der Waals surface area contributed by atoms with Crippen molar-refractivity contribution in [2.45, 2.75) is 20.3 Å². The Morgan fingerprint density at radius 1 is 1.58 bits per heavy atom. The summed E-state index contributed by atoms with van der Waals surface area (Å²) in [4.78, 5) is 27.1. The molecular weight excluding hydrogens is 250 g/mol. The molecule has 7 nitrogen and oxygen atoms in total. The maximum absolute atomic E-state index is 11.1. The maximum Gasteiger partial charge on any atom is 0.342 e. The quantitative estimate of drug-likeness (QED) is 0.662. The molecule has 1 aromatic heterocycles. The molecule has 1 aromatic rings. The van der Waals surface area contributed by atoms with Crippen LogP contribution in [0.1, 0.15) is 30.6 Å². The molecule has 0 spiro atoms. The van der Waals surface area contributed by atoms with E-state index < -0.39 is 16.6 Å². The molecule has 7 heteroatoms. The Hall–Kier alpha value is -2.18. The van der Waals surface area contributed by atoms with Gasteiger partial charge in [-0.3, -0.25) is 10.1 Å². The molecule has 0 saturated carbocycles. The fourth-order valence-corrected chi connectivity index (χ4v) is 2.23. The van der Waals surface area contributed by atoms with Crippen molar-refractivity contribution >= 4 is 17.5 Å². The standard InChI is InChI=1S/C12H15N3O4/c1-12(2)3-4-14(7-12)10-5-8(11(16)17)9(6-13-10)15(18)19/h5-6H,3-4,7H2,1-2H3,(H,16,17). The zero-order chi connectivity index (χ0) is 14.2. The Morgan fingerprint density at radius 2 is 2.26 bits per heavy atom. The molecule has 0 radical (unpaired) electrons. The smallest absolute Gasteiger partial charge is 0.342 e. The average Bonchev–Trinajstić information content (AvgIpc) is 2.68. The van der Waals surface area contributed by atoms with E-state index in [1.807, 2.05) is 4.90 Å². The van der Waals surface area contributed by atoms with Crippen LogP contribution >= 0.6 is 0 Å². The predicted octanol–water partition coefficient (Wildman–Crippen LogP) is 1.92. The van der Waals surface area contributed by atoms with Gasteiger partial charge in [-0.2, -0.15) is 0 Å². The van der Waals surface area contributed by atoms with E-state index in [2.05, 4.69) is 18.8 Å². The molecule has 0 amide bonds. The van der Waals surface area contributed by atoms with Crippen LogP contribution < -0.4 is 4.90 Å². The first-order valence-corrected chi connectivity index (χ1v) is 5.93.